The summed E-state index contributed by atoms with van der Waals surface area (Å²) < 4.78 is 28.6. The SMILES string of the molecule is CC(C)c1cccc(C(C)C)c1NS(=O)(=O)CC(=O)NCC1(c2ccccc2)CCCC1. The van der Waals surface area contributed by atoms with Crippen LogP contribution in [0.5, 0.6) is 0 Å². The first-order chi connectivity index (χ1) is 15.1. The van der Waals surface area contributed by atoms with Crippen LogP contribution < -0.4 is 10.0 Å². The summed E-state index contributed by atoms with van der Waals surface area (Å²) in [4.78, 5) is 12.7. The molecule has 3 rings (SSSR count). The average Bonchev–Trinajstić information content (AvgIpc) is 3.22. The van der Waals surface area contributed by atoms with Gasteiger partial charge in [0.25, 0.3) is 0 Å². The third-order valence-corrected chi connectivity index (χ3v) is 7.68. The van der Waals surface area contributed by atoms with E-state index in [1.54, 1.807) is 0 Å². The standard InChI is InChI=1S/C26H36N2O3S/c1-19(2)22-13-10-14-23(20(3)4)25(22)28-32(30,31)17-24(29)27-18-26(15-8-9-16-26)21-11-6-5-7-12-21/h5-7,10-14,19-20,28H,8-9,15-18H2,1-4H3,(H,27,29). The second-order valence-electron chi connectivity index (χ2n) is 9.61. The summed E-state index contributed by atoms with van der Waals surface area (Å²) in [7, 11) is -3.84. The van der Waals surface area contributed by atoms with Gasteiger partial charge in [-0.25, -0.2) is 8.42 Å². The Labute approximate surface area is 193 Å². The molecule has 1 aliphatic carbocycles. The smallest absolute Gasteiger partial charge is 0.241 e. The quantitative estimate of drug-likeness (QED) is 0.537. The van der Waals surface area contributed by atoms with Crippen molar-refractivity contribution in [3.63, 3.8) is 0 Å². The molecule has 0 heterocycles. The van der Waals surface area contributed by atoms with Crippen LogP contribution in [0.1, 0.15) is 81.9 Å². The van der Waals surface area contributed by atoms with Gasteiger partial charge in [0.1, 0.15) is 5.75 Å². The Balaban J connectivity index is 1.72. The van der Waals surface area contributed by atoms with Crippen LogP contribution in [0.25, 0.3) is 0 Å². The maximum atomic E-state index is 12.9. The molecule has 0 radical (unpaired) electrons. The van der Waals surface area contributed by atoms with Crippen molar-refractivity contribution in [1.29, 1.82) is 0 Å². The number of benzene rings is 2. The van der Waals surface area contributed by atoms with Crippen molar-refractivity contribution in [3.8, 4) is 0 Å². The van der Waals surface area contributed by atoms with E-state index < -0.39 is 21.7 Å². The predicted octanol–water partition coefficient (Wildman–Crippen LogP) is 5.30. The van der Waals surface area contributed by atoms with Crippen molar-refractivity contribution in [3.05, 3.63) is 65.2 Å². The highest BCUT2D eigenvalue weighted by atomic mass is 32.2. The Morgan fingerprint density at radius 1 is 0.906 bits per heavy atom. The molecule has 1 fully saturated rings. The zero-order chi connectivity index (χ0) is 23.4. The van der Waals surface area contributed by atoms with E-state index in [1.165, 1.54) is 5.56 Å². The summed E-state index contributed by atoms with van der Waals surface area (Å²) in [5.41, 5.74) is 3.60. The molecule has 2 aromatic carbocycles. The number of para-hydroxylation sites is 1. The number of rotatable bonds is 9. The van der Waals surface area contributed by atoms with Gasteiger partial charge < -0.3 is 5.32 Å². The highest BCUT2D eigenvalue weighted by molar-refractivity contribution is 7.93. The largest absolute Gasteiger partial charge is 0.354 e. The fourth-order valence-corrected chi connectivity index (χ4v) is 5.83. The van der Waals surface area contributed by atoms with E-state index in [1.807, 2.05) is 64.1 Å². The lowest BCUT2D eigenvalue weighted by atomic mass is 9.79. The lowest BCUT2D eigenvalue weighted by molar-refractivity contribution is -0.118. The summed E-state index contributed by atoms with van der Waals surface area (Å²) in [5.74, 6) is -0.726. The van der Waals surface area contributed by atoms with Gasteiger partial charge >= 0.3 is 0 Å². The maximum absolute atomic E-state index is 12.9. The van der Waals surface area contributed by atoms with Gasteiger partial charge in [0.05, 0.1) is 5.69 Å². The van der Waals surface area contributed by atoms with Gasteiger partial charge in [-0.05, 0) is 41.4 Å². The molecule has 0 aromatic heterocycles. The monoisotopic (exact) mass is 456 g/mol. The second-order valence-corrected chi connectivity index (χ2v) is 11.3. The lowest BCUT2D eigenvalue weighted by Crippen LogP contribution is -2.42. The molecule has 0 atom stereocenters. The van der Waals surface area contributed by atoms with Gasteiger partial charge in [-0.1, -0.05) is 89.1 Å². The number of anilines is 1. The van der Waals surface area contributed by atoms with Crippen LogP contribution in [0.2, 0.25) is 0 Å². The summed E-state index contributed by atoms with van der Waals surface area (Å²) in [6.45, 7) is 8.61. The van der Waals surface area contributed by atoms with Gasteiger partial charge in [0.15, 0.2) is 0 Å². The third kappa shape index (κ3) is 5.71. The van der Waals surface area contributed by atoms with E-state index in [0.717, 1.165) is 36.8 Å². The third-order valence-electron chi connectivity index (χ3n) is 6.52. The van der Waals surface area contributed by atoms with E-state index in [4.69, 9.17) is 0 Å². The Morgan fingerprint density at radius 2 is 1.47 bits per heavy atom. The predicted molar refractivity (Wildman–Crippen MR) is 132 cm³/mol. The highest BCUT2D eigenvalue weighted by Crippen LogP contribution is 2.40. The van der Waals surface area contributed by atoms with Crippen molar-refractivity contribution in [2.75, 3.05) is 17.0 Å². The molecule has 1 saturated carbocycles. The van der Waals surface area contributed by atoms with Crippen LogP contribution in [0.15, 0.2) is 48.5 Å². The van der Waals surface area contributed by atoms with Gasteiger partial charge in [-0.2, -0.15) is 0 Å². The van der Waals surface area contributed by atoms with Crippen LogP contribution in [0.4, 0.5) is 5.69 Å². The normalized spacial score (nSPS) is 15.8. The van der Waals surface area contributed by atoms with Crippen LogP contribution in [0, 0.1) is 0 Å². The number of hydrogen-bond donors (Lipinski definition) is 2. The maximum Gasteiger partial charge on any atom is 0.241 e. The molecule has 1 amide bonds. The molecule has 6 heteroatoms. The highest BCUT2D eigenvalue weighted by Gasteiger charge is 2.36. The van der Waals surface area contributed by atoms with Gasteiger partial charge in [-0.15, -0.1) is 0 Å². The molecule has 0 spiro atoms. The number of nitrogens with one attached hydrogen (secondary N) is 2. The van der Waals surface area contributed by atoms with Gasteiger partial charge in [-0.3, -0.25) is 9.52 Å². The molecule has 32 heavy (non-hydrogen) atoms. The van der Waals surface area contributed by atoms with Crippen LogP contribution in [0.3, 0.4) is 0 Å². The fraction of sp³-hybridized carbons (Fsp3) is 0.500. The Bertz CT molecular complexity index is 998. The number of hydrogen-bond acceptors (Lipinski definition) is 3. The topological polar surface area (TPSA) is 75.3 Å². The molecule has 0 unspecified atom stereocenters. The van der Waals surface area contributed by atoms with Crippen molar-refractivity contribution in [2.24, 2.45) is 0 Å². The molecule has 5 nitrogen and oxygen atoms in total. The summed E-state index contributed by atoms with van der Waals surface area (Å²) in [6, 6.07) is 16.1. The van der Waals surface area contributed by atoms with Crippen molar-refractivity contribution >= 4 is 21.6 Å². The number of carbonyl (C=O) groups excluding carboxylic acids is 1. The summed E-state index contributed by atoms with van der Waals surface area (Å²) in [5, 5.41) is 2.92. The van der Waals surface area contributed by atoms with E-state index in [9.17, 15) is 13.2 Å². The first-order valence-electron chi connectivity index (χ1n) is 11.6. The van der Waals surface area contributed by atoms with Gasteiger partial charge in [0.2, 0.25) is 15.9 Å². The molecule has 0 aliphatic heterocycles. The van der Waals surface area contributed by atoms with Crippen LogP contribution >= 0.6 is 0 Å². The molecule has 174 valence electrons. The number of sulfonamides is 1. The minimum atomic E-state index is -3.84. The van der Waals surface area contributed by atoms with Crippen molar-refractivity contribution in [2.45, 2.75) is 70.6 Å². The minimum Gasteiger partial charge on any atom is -0.354 e. The van der Waals surface area contributed by atoms with Crippen molar-refractivity contribution < 1.29 is 13.2 Å². The lowest BCUT2D eigenvalue weighted by Gasteiger charge is -2.30. The zero-order valence-electron chi connectivity index (χ0n) is 19.6. The number of carbonyl (C=O) groups is 1. The summed E-state index contributed by atoms with van der Waals surface area (Å²) >= 11 is 0. The molecule has 0 bridgehead atoms. The second kappa shape index (κ2) is 10.1. The molecule has 2 N–H and O–H groups in total. The molecule has 1 aliphatic rings. The average molecular weight is 457 g/mol. The Kier molecular flexibility index (Phi) is 7.65. The zero-order valence-corrected chi connectivity index (χ0v) is 20.5. The number of amides is 1. The molecule has 2 aromatic rings. The van der Waals surface area contributed by atoms with E-state index in [0.29, 0.717) is 12.2 Å². The minimum absolute atomic E-state index is 0.108. The van der Waals surface area contributed by atoms with Crippen molar-refractivity contribution in [1.82, 2.24) is 5.32 Å². The fourth-order valence-electron chi connectivity index (χ4n) is 4.76. The molecule has 0 saturated heterocycles. The molecular weight excluding hydrogens is 420 g/mol. The van der Waals surface area contributed by atoms with Crippen LogP contribution in [-0.2, 0) is 20.2 Å². The van der Waals surface area contributed by atoms with E-state index in [2.05, 4.69) is 22.2 Å². The summed E-state index contributed by atoms with van der Waals surface area (Å²) in [6.07, 6.45) is 4.24. The van der Waals surface area contributed by atoms with Crippen LogP contribution in [-0.4, -0.2) is 26.6 Å². The molecular formula is C26H36N2O3S. The van der Waals surface area contributed by atoms with Gasteiger partial charge in [0, 0.05) is 12.0 Å². The van der Waals surface area contributed by atoms with E-state index in [-0.39, 0.29) is 17.3 Å². The Morgan fingerprint density at radius 3 is 2.00 bits per heavy atom. The van der Waals surface area contributed by atoms with E-state index >= 15 is 0 Å². The first kappa shape index (κ1) is 24.3. The first-order valence-corrected chi connectivity index (χ1v) is 13.2. The Hall–Kier alpha value is -2.34.